The Morgan fingerprint density at radius 1 is 1.47 bits per heavy atom. The van der Waals surface area contributed by atoms with E-state index in [1.807, 2.05) is 11.9 Å². The number of hydrogen-bond acceptors (Lipinski definition) is 4. The van der Waals surface area contributed by atoms with Crippen LogP contribution in [0.5, 0.6) is 0 Å². The summed E-state index contributed by atoms with van der Waals surface area (Å²) in [5.41, 5.74) is 6.78. The molecule has 0 bridgehead atoms. The molecule has 1 aromatic carbocycles. The van der Waals surface area contributed by atoms with Crippen molar-refractivity contribution >= 4 is 28.9 Å². The minimum Gasteiger partial charge on any atom is -0.397 e. The first-order valence-corrected chi connectivity index (χ1v) is 6.43. The first kappa shape index (κ1) is 15.8. The van der Waals surface area contributed by atoms with Gasteiger partial charge in [-0.25, -0.2) is 0 Å². The summed E-state index contributed by atoms with van der Waals surface area (Å²) in [6.07, 6.45) is 0.419. The van der Waals surface area contributed by atoms with E-state index in [4.69, 9.17) is 22.1 Å². The molecule has 0 spiro atoms. The van der Waals surface area contributed by atoms with Crippen LogP contribution in [0.3, 0.4) is 0 Å². The zero-order valence-corrected chi connectivity index (χ0v) is 12.0. The van der Waals surface area contributed by atoms with Gasteiger partial charge in [0.05, 0.1) is 17.3 Å². The van der Waals surface area contributed by atoms with Crippen LogP contribution in [0.4, 0.5) is 11.4 Å². The van der Waals surface area contributed by atoms with Gasteiger partial charge < -0.3 is 20.7 Å². The first-order valence-electron chi connectivity index (χ1n) is 6.05. The van der Waals surface area contributed by atoms with Gasteiger partial charge in [0.15, 0.2) is 0 Å². The molecular formula is C13H20ClN3O2. The van der Waals surface area contributed by atoms with Crippen molar-refractivity contribution < 1.29 is 9.53 Å². The van der Waals surface area contributed by atoms with E-state index in [0.29, 0.717) is 36.0 Å². The second-order valence-corrected chi connectivity index (χ2v) is 4.74. The lowest BCUT2D eigenvalue weighted by Gasteiger charge is -2.15. The molecule has 19 heavy (non-hydrogen) atoms. The van der Waals surface area contributed by atoms with Crippen LogP contribution < -0.4 is 11.1 Å². The van der Waals surface area contributed by atoms with Gasteiger partial charge in [-0.3, -0.25) is 4.79 Å². The van der Waals surface area contributed by atoms with Gasteiger partial charge in [0.2, 0.25) is 5.91 Å². The molecule has 3 N–H and O–H groups in total. The van der Waals surface area contributed by atoms with Crippen LogP contribution in [0.1, 0.15) is 6.42 Å². The van der Waals surface area contributed by atoms with E-state index in [0.717, 1.165) is 6.54 Å². The topological polar surface area (TPSA) is 67.6 Å². The van der Waals surface area contributed by atoms with Gasteiger partial charge in [-0.1, -0.05) is 11.6 Å². The molecule has 0 fully saturated rings. The molecule has 0 aliphatic carbocycles. The SMILES string of the molecule is COCCN(C)CCC(=O)Nc1ccc(Cl)c(N)c1. The Labute approximate surface area is 118 Å². The highest BCUT2D eigenvalue weighted by molar-refractivity contribution is 6.33. The number of methoxy groups -OCH3 is 1. The summed E-state index contributed by atoms with van der Waals surface area (Å²) in [7, 11) is 3.61. The number of carbonyl (C=O) groups excluding carboxylic acids is 1. The molecule has 0 atom stereocenters. The number of halogens is 1. The average molecular weight is 286 g/mol. The Morgan fingerprint density at radius 2 is 2.21 bits per heavy atom. The number of ether oxygens (including phenoxy) is 1. The van der Waals surface area contributed by atoms with E-state index in [1.165, 1.54) is 0 Å². The van der Waals surface area contributed by atoms with Gasteiger partial charge in [0, 0.05) is 32.3 Å². The van der Waals surface area contributed by atoms with Crippen LogP contribution in [0, 0.1) is 0 Å². The summed E-state index contributed by atoms with van der Waals surface area (Å²) in [6.45, 7) is 2.14. The lowest BCUT2D eigenvalue weighted by molar-refractivity contribution is -0.116. The fourth-order valence-corrected chi connectivity index (χ4v) is 1.61. The third-order valence-corrected chi connectivity index (χ3v) is 3.02. The molecule has 0 aliphatic rings. The number of benzene rings is 1. The number of carbonyl (C=O) groups is 1. The average Bonchev–Trinajstić information content (AvgIpc) is 2.38. The molecule has 1 aromatic rings. The predicted octanol–water partition coefficient (Wildman–Crippen LogP) is 1.83. The monoisotopic (exact) mass is 285 g/mol. The molecule has 1 amide bonds. The number of amides is 1. The van der Waals surface area contributed by atoms with Crippen molar-refractivity contribution in [3.05, 3.63) is 23.2 Å². The maximum Gasteiger partial charge on any atom is 0.225 e. The van der Waals surface area contributed by atoms with Crippen LogP contribution in [0.15, 0.2) is 18.2 Å². The molecule has 0 saturated carbocycles. The van der Waals surface area contributed by atoms with Gasteiger partial charge in [0.25, 0.3) is 0 Å². The fraction of sp³-hybridized carbons (Fsp3) is 0.462. The highest BCUT2D eigenvalue weighted by Gasteiger charge is 2.06. The molecule has 1 rings (SSSR count). The Bertz CT molecular complexity index is 426. The highest BCUT2D eigenvalue weighted by Crippen LogP contribution is 2.22. The smallest absolute Gasteiger partial charge is 0.225 e. The maximum absolute atomic E-state index is 11.7. The summed E-state index contributed by atoms with van der Waals surface area (Å²) in [6, 6.07) is 5.04. The number of nitrogens with one attached hydrogen (secondary N) is 1. The largest absolute Gasteiger partial charge is 0.397 e. The predicted molar refractivity (Wildman–Crippen MR) is 78.5 cm³/mol. The minimum absolute atomic E-state index is 0.0500. The zero-order valence-electron chi connectivity index (χ0n) is 11.3. The number of nitrogen functional groups attached to an aromatic ring is 1. The Hall–Kier alpha value is -1.30. The quantitative estimate of drug-likeness (QED) is 0.750. The minimum atomic E-state index is -0.0500. The van der Waals surface area contributed by atoms with Crippen molar-refractivity contribution in [1.29, 1.82) is 0 Å². The van der Waals surface area contributed by atoms with Gasteiger partial charge in [-0.2, -0.15) is 0 Å². The molecule has 0 aliphatic heterocycles. The number of nitrogens with zero attached hydrogens (tertiary/aromatic N) is 1. The normalized spacial score (nSPS) is 10.7. The number of anilines is 2. The third-order valence-electron chi connectivity index (χ3n) is 2.68. The van der Waals surface area contributed by atoms with E-state index >= 15 is 0 Å². The van der Waals surface area contributed by atoms with E-state index in [9.17, 15) is 4.79 Å². The maximum atomic E-state index is 11.7. The van der Waals surface area contributed by atoms with Crippen molar-refractivity contribution in [3.8, 4) is 0 Å². The zero-order chi connectivity index (χ0) is 14.3. The molecule has 0 saturated heterocycles. The van der Waals surface area contributed by atoms with Crippen LogP contribution in [0.2, 0.25) is 5.02 Å². The second-order valence-electron chi connectivity index (χ2n) is 4.33. The van der Waals surface area contributed by atoms with E-state index in [1.54, 1.807) is 25.3 Å². The number of rotatable bonds is 7. The van der Waals surface area contributed by atoms with Crippen molar-refractivity contribution in [2.45, 2.75) is 6.42 Å². The van der Waals surface area contributed by atoms with E-state index < -0.39 is 0 Å². The lowest BCUT2D eigenvalue weighted by atomic mass is 10.2. The number of hydrogen-bond donors (Lipinski definition) is 2. The number of likely N-dealkylation sites (N-methyl/N-ethyl adjacent to an activating group) is 1. The van der Waals surface area contributed by atoms with E-state index in [-0.39, 0.29) is 5.91 Å². The molecule has 0 unspecified atom stereocenters. The summed E-state index contributed by atoms with van der Waals surface area (Å²) >= 11 is 5.81. The fourth-order valence-electron chi connectivity index (χ4n) is 1.50. The summed E-state index contributed by atoms with van der Waals surface area (Å²) in [5.74, 6) is -0.0500. The second kappa shape index (κ2) is 7.99. The van der Waals surface area contributed by atoms with E-state index in [2.05, 4.69) is 5.32 Å². The van der Waals surface area contributed by atoms with Crippen LogP contribution in [-0.2, 0) is 9.53 Å². The Balaban J connectivity index is 2.36. The Kier molecular flexibility index (Phi) is 6.62. The lowest BCUT2D eigenvalue weighted by Crippen LogP contribution is -2.27. The van der Waals surface area contributed by atoms with Crippen molar-refractivity contribution in [2.24, 2.45) is 0 Å². The molecule has 6 heteroatoms. The molecule has 106 valence electrons. The highest BCUT2D eigenvalue weighted by atomic mass is 35.5. The number of nitrogens with two attached hydrogens (primary N) is 1. The first-order chi connectivity index (χ1) is 9.02. The van der Waals surface area contributed by atoms with Gasteiger partial charge in [-0.05, 0) is 25.2 Å². The van der Waals surface area contributed by atoms with Gasteiger partial charge >= 0.3 is 0 Å². The van der Waals surface area contributed by atoms with Gasteiger partial charge in [0.1, 0.15) is 0 Å². The standard InChI is InChI=1S/C13H20ClN3O2/c1-17(7-8-19-2)6-5-13(18)16-10-3-4-11(14)12(15)9-10/h3-4,9H,5-8,15H2,1-2H3,(H,16,18). The van der Waals surface area contributed by atoms with Crippen molar-refractivity contribution in [1.82, 2.24) is 4.90 Å². The molecule has 0 heterocycles. The van der Waals surface area contributed by atoms with Gasteiger partial charge in [-0.15, -0.1) is 0 Å². The van der Waals surface area contributed by atoms with Crippen molar-refractivity contribution in [2.75, 3.05) is 44.9 Å². The molecular weight excluding hydrogens is 266 g/mol. The van der Waals surface area contributed by atoms with Crippen LogP contribution in [-0.4, -0.2) is 44.7 Å². The molecule has 0 radical (unpaired) electrons. The Morgan fingerprint density at radius 3 is 2.84 bits per heavy atom. The molecule has 0 aromatic heterocycles. The molecule has 5 nitrogen and oxygen atoms in total. The summed E-state index contributed by atoms with van der Waals surface area (Å²) in [5, 5.41) is 3.27. The summed E-state index contributed by atoms with van der Waals surface area (Å²) in [4.78, 5) is 13.8. The summed E-state index contributed by atoms with van der Waals surface area (Å²) < 4.78 is 4.97. The van der Waals surface area contributed by atoms with Crippen LogP contribution >= 0.6 is 11.6 Å². The van der Waals surface area contributed by atoms with Crippen LogP contribution in [0.25, 0.3) is 0 Å². The third kappa shape index (κ3) is 5.92. The van der Waals surface area contributed by atoms with Crippen molar-refractivity contribution in [3.63, 3.8) is 0 Å².